The molecular formula is C16H16BrNO3. The van der Waals surface area contributed by atoms with E-state index in [1.807, 2.05) is 48.5 Å². The van der Waals surface area contributed by atoms with Crippen LogP contribution in [0.1, 0.15) is 12.5 Å². The van der Waals surface area contributed by atoms with Gasteiger partial charge in [0.05, 0.1) is 5.71 Å². The van der Waals surface area contributed by atoms with E-state index in [0.29, 0.717) is 24.7 Å². The number of hydrogen-bond donors (Lipinski definition) is 1. The van der Waals surface area contributed by atoms with E-state index >= 15 is 0 Å². The van der Waals surface area contributed by atoms with Crippen LogP contribution in [0.3, 0.4) is 0 Å². The van der Waals surface area contributed by atoms with Crippen molar-refractivity contribution < 1.29 is 14.7 Å². The molecule has 0 radical (unpaired) electrons. The van der Waals surface area contributed by atoms with Crippen LogP contribution in [0.15, 0.2) is 58.2 Å². The van der Waals surface area contributed by atoms with Gasteiger partial charge in [-0.1, -0.05) is 33.2 Å². The summed E-state index contributed by atoms with van der Waals surface area (Å²) in [6.07, 6.45) is 0. The van der Waals surface area contributed by atoms with Crippen LogP contribution in [0.25, 0.3) is 0 Å². The summed E-state index contributed by atoms with van der Waals surface area (Å²) in [5, 5.41) is 12.1. The minimum Gasteiger partial charge on any atom is -0.490 e. The standard InChI is InChI=1S/C16H16BrNO3/c1-12(18-19)15-4-2-3-5-16(15)21-11-10-20-14-8-6-13(17)7-9-14/h2-9,19H,10-11H2,1H3. The van der Waals surface area contributed by atoms with E-state index in [2.05, 4.69) is 21.1 Å². The summed E-state index contributed by atoms with van der Waals surface area (Å²) in [6.45, 7) is 2.57. The van der Waals surface area contributed by atoms with E-state index in [1.54, 1.807) is 6.92 Å². The molecule has 0 saturated carbocycles. The van der Waals surface area contributed by atoms with Crippen molar-refractivity contribution in [3.63, 3.8) is 0 Å². The largest absolute Gasteiger partial charge is 0.490 e. The molecule has 0 heterocycles. The summed E-state index contributed by atoms with van der Waals surface area (Å²) in [4.78, 5) is 0. The van der Waals surface area contributed by atoms with Crippen LogP contribution in [0.5, 0.6) is 11.5 Å². The van der Waals surface area contributed by atoms with E-state index < -0.39 is 0 Å². The Kier molecular flexibility index (Phi) is 5.63. The Labute approximate surface area is 132 Å². The fraction of sp³-hybridized carbons (Fsp3) is 0.188. The summed E-state index contributed by atoms with van der Waals surface area (Å²) >= 11 is 3.37. The van der Waals surface area contributed by atoms with E-state index in [0.717, 1.165) is 15.8 Å². The molecule has 21 heavy (non-hydrogen) atoms. The number of benzene rings is 2. The highest BCUT2D eigenvalue weighted by Gasteiger charge is 2.06. The fourth-order valence-electron chi connectivity index (χ4n) is 1.79. The highest BCUT2D eigenvalue weighted by atomic mass is 79.9. The number of nitrogens with zero attached hydrogens (tertiary/aromatic N) is 1. The first-order chi connectivity index (χ1) is 10.2. The molecule has 0 spiro atoms. The Bertz CT molecular complexity index is 611. The molecule has 110 valence electrons. The lowest BCUT2D eigenvalue weighted by Crippen LogP contribution is -2.11. The van der Waals surface area contributed by atoms with Crippen molar-refractivity contribution in [1.82, 2.24) is 0 Å². The summed E-state index contributed by atoms with van der Waals surface area (Å²) in [7, 11) is 0. The normalized spacial score (nSPS) is 11.2. The molecule has 2 aromatic rings. The number of hydrogen-bond acceptors (Lipinski definition) is 4. The Balaban J connectivity index is 1.88. The molecule has 1 N–H and O–H groups in total. The van der Waals surface area contributed by atoms with Crippen molar-refractivity contribution in [2.75, 3.05) is 13.2 Å². The highest BCUT2D eigenvalue weighted by molar-refractivity contribution is 9.10. The average Bonchev–Trinajstić information content (AvgIpc) is 2.53. The van der Waals surface area contributed by atoms with Crippen molar-refractivity contribution in [2.45, 2.75) is 6.92 Å². The van der Waals surface area contributed by atoms with Crippen LogP contribution < -0.4 is 9.47 Å². The van der Waals surface area contributed by atoms with Gasteiger partial charge in [0, 0.05) is 10.0 Å². The van der Waals surface area contributed by atoms with E-state index in [-0.39, 0.29) is 0 Å². The molecule has 2 rings (SSSR count). The molecule has 0 fully saturated rings. The molecule has 0 aromatic heterocycles. The zero-order valence-corrected chi connectivity index (χ0v) is 13.2. The molecule has 0 saturated heterocycles. The van der Waals surface area contributed by atoms with Crippen molar-refractivity contribution in [3.8, 4) is 11.5 Å². The third-order valence-electron chi connectivity index (χ3n) is 2.85. The van der Waals surface area contributed by atoms with Gasteiger partial charge in [0.25, 0.3) is 0 Å². The minimum absolute atomic E-state index is 0.409. The topological polar surface area (TPSA) is 51.1 Å². The van der Waals surface area contributed by atoms with E-state index in [4.69, 9.17) is 14.7 Å². The van der Waals surface area contributed by atoms with Crippen LogP contribution in [0.2, 0.25) is 0 Å². The molecule has 0 aliphatic carbocycles. The SMILES string of the molecule is CC(=NO)c1ccccc1OCCOc1ccc(Br)cc1. The zero-order chi connectivity index (χ0) is 15.1. The van der Waals surface area contributed by atoms with Crippen LogP contribution in [-0.2, 0) is 0 Å². The first-order valence-electron chi connectivity index (χ1n) is 6.50. The molecule has 5 heteroatoms. The third-order valence-corrected chi connectivity index (χ3v) is 3.38. The predicted molar refractivity (Wildman–Crippen MR) is 85.6 cm³/mol. The molecule has 0 aliphatic heterocycles. The van der Waals surface area contributed by atoms with Crippen molar-refractivity contribution in [3.05, 3.63) is 58.6 Å². The zero-order valence-electron chi connectivity index (χ0n) is 11.6. The van der Waals surface area contributed by atoms with Gasteiger partial charge in [-0.15, -0.1) is 0 Å². The number of rotatable bonds is 6. The Morgan fingerprint density at radius 1 is 1.05 bits per heavy atom. The molecule has 0 amide bonds. The predicted octanol–water partition coefficient (Wildman–Crippen LogP) is 4.11. The summed E-state index contributed by atoms with van der Waals surface area (Å²) in [5.41, 5.74) is 1.28. The van der Waals surface area contributed by atoms with Crippen LogP contribution in [0, 0.1) is 0 Å². The lowest BCUT2D eigenvalue weighted by atomic mass is 10.1. The maximum Gasteiger partial charge on any atom is 0.128 e. The highest BCUT2D eigenvalue weighted by Crippen LogP contribution is 2.19. The first-order valence-corrected chi connectivity index (χ1v) is 7.29. The molecule has 0 atom stereocenters. The second kappa shape index (κ2) is 7.69. The number of para-hydroxylation sites is 1. The fourth-order valence-corrected chi connectivity index (χ4v) is 2.05. The van der Waals surface area contributed by atoms with Gasteiger partial charge in [-0.25, -0.2) is 0 Å². The first kappa shape index (κ1) is 15.4. The molecule has 0 aliphatic rings. The number of oxime groups is 1. The summed E-state index contributed by atoms with van der Waals surface area (Å²) in [5.74, 6) is 1.47. The van der Waals surface area contributed by atoms with Crippen molar-refractivity contribution >= 4 is 21.6 Å². The molecule has 2 aromatic carbocycles. The summed E-state index contributed by atoms with van der Waals surface area (Å²) < 4.78 is 12.3. The lowest BCUT2D eigenvalue weighted by Gasteiger charge is -2.11. The maximum absolute atomic E-state index is 8.86. The Morgan fingerprint density at radius 3 is 2.43 bits per heavy atom. The van der Waals surface area contributed by atoms with Gasteiger partial charge < -0.3 is 14.7 Å². The van der Waals surface area contributed by atoms with Crippen LogP contribution in [0.4, 0.5) is 0 Å². The third kappa shape index (κ3) is 4.49. The molecular weight excluding hydrogens is 334 g/mol. The number of ether oxygens (including phenoxy) is 2. The Hall–Kier alpha value is -2.01. The molecule has 0 bridgehead atoms. The van der Waals surface area contributed by atoms with Gasteiger partial charge in [0.1, 0.15) is 24.7 Å². The molecule has 0 unspecified atom stereocenters. The number of halogens is 1. The van der Waals surface area contributed by atoms with Gasteiger partial charge >= 0.3 is 0 Å². The molecule has 4 nitrogen and oxygen atoms in total. The summed E-state index contributed by atoms with van der Waals surface area (Å²) in [6, 6.07) is 15.1. The van der Waals surface area contributed by atoms with Crippen LogP contribution in [-0.4, -0.2) is 24.1 Å². The Morgan fingerprint density at radius 2 is 1.71 bits per heavy atom. The minimum atomic E-state index is 0.409. The second-order valence-electron chi connectivity index (χ2n) is 4.33. The van der Waals surface area contributed by atoms with E-state index in [1.165, 1.54) is 0 Å². The maximum atomic E-state index is 8.86. The van der Waals surface area contributed by atoms with Crippen molar-refractivity contribution in [1.29, 1.82) is 0 Å². The van der Waals surface area contributed by atoms with Gasteiger partial charge in [-0.05, 0) is 43.3 Å². The quantitative estimate of drug-likeness (QED) is 0.369. The average molecular weight is 350 g/mol. The van der Waals surface area contributed by atoms with Gasteiger partial charge in [-0.3, -0.25) is 0 Å². The second-order valence-corrected chi connectivity index (χ2v) is 5.25. The van der Waals surface area contributed by atoms with Gasteiger partial charge in [0.15, 0.2) is 0 Å². The van der Waals surface area contributed by atoms with E-state index in [9.17, 15) is 0 Å². The van der Waals surface area contributed by atoms with Crippen molar-refractivity contribution in [2.24, 2.45) is 5.16 Å². The van der Waals surface area contributed by atoms with Crippen LogP contribution >= 0.6 is 15.9 Å². The monoisotopic (exact) mass is 349 g/mol. The smallest absolute Gasteiger partial charge is 0.128 e. The van der Waals surface area contributed by atoms with Gasteiger partial charge in [-0.2, -0.15) is 0 Å². The lowest BCUT2D eigenvalue weighted by molar-refractivity contribution is 0.217. The van der Waals surface area contributed by atoms with Gasteiger partial charge in [0.2, 0.25) is 0 Å².